The van der Waals surface area contributed by atoms with Crippen LogP contribution in [-0.2, 0) is 19.6 Å². The van der Waals surface area contributed by atoms with Crippen molar-refractivity contribution in [3.8, 4) is 5.75 Å². The first-order chi connectivity index (χ1) is 13.4. The van der Waals surface area contributed by atoms with Gasteiger partial charge < -0.3 is 14.8 Å². The molecule has 0 aliphatic carbocycles. The lowest BCUT2D eigenvalue weighted by Gasteiger charge is -2.34. The summed E-state index contributed by atoms with van der Waals surface area (Å²) in [4.78, 5) is 24.1. The Bertz CT molecular complexity index is 988. The maximum Gasteiger partial charge on any atom is 0.337 e. The first-order valence-electron chi connectivity index (χ1n) is 8.61. The van der Waals surface area contributed by atoms with Crippen LogP contribution in [0.1, 0.15) is 17.3 Å². The maximum absolute atomic E-state index is 12.7. The molecule has 1 heterocycles. The van der Waals surface area contributed by atoms with Crippen LogP contribution < -0.4 is 14.4 Å². The predicted octanol–water partition coefficient (Wildman–Crippen LogP) is 2.03. The molecule has 2 aromatic rings. The second-order valence-corrected chi connectivity index (χ2v) is 8.25. The number of rotatable bonds is 5. The number of anilines is 2. The predicted molar refractivity (Wildman–Crippen MR) is 104 cm³/mol. The van der Waals surface area contributed by atoms with Crippen LogP contribution in [0.2, 0.25) is 0 Å². The number of fused-ring (bicyclic) bond motifs is 1. The molecule has 0 bridgehead atoms. The lowest BCUT2D eigenvalue weighted by Crippen LogP contribution is -2.49. The van der Waals surface area contributed by atoms with E-state index in [-0.39, 0.29) is 12.3 Å². The molecule has 8 nitrogen and oxygen atoms in total. The van der Waals surface area contributed by atoms with Crippen LogP contribution in [0.3, 0.4) is 0 Å². The molecule has 1 amide bonds. The summed E-state index contributed by atoms with van der Waals surface area (Å²) < 4.78 is 36.5. The molecule has 1 aliphatic rings. The average molecular weight is 404 g/mol. The van der Waals surface area contributed by atoms with Gasteiger partial charge in [-0.1, -0.05) is 12.1 Å². The number of hydrogen-bond acceptors (Lipinski definition) is 6. The van der Waals surface area contributed by atoms with Gasteiger partial charge in [0, 0.05) is 5.69 Å². The van der Waals surface area contributed by atoms with Crippen molar-refractivity contribution in [2.24, 2.45) is 0 Å². The number of nitrogens with one attached hydrogen (secondary N) is 1. The largest absolute Gasteiger partial charge is 0.476 e. The Morgan fingerprint density at radius 2 is 1.86 bits per heavy atom. The smallest absolute Gasteiger partial charge is 0.337 e. The van der Waals surface area contributed by atoms with Crippen LogP contribution in [0, 0.1) is 0 Å². The number of benzene rings is 2. The van der Waals surface area contributed by atoms with Crippen molar-refractivity contribution < 1.29 is 27.5 Å². The van der Waals surface area contributed by atoms with E-state index in [1.807, 2.05) is 0 Å². The third-order valence-electron chi connectivity index (χ3n) is 4.30. The molecule has 9 heteroatoms. The number of methoxy groups -OCH3 is 1. The molecule has 28 heavy (non-hydrogen) atoms. The minimum absolute atomic E-state index is 0.0926. The second kappa shape index (κ2) is 7.89. The summed E-state index contributed by atoms with van der Waals surface area (Å²) in [6, 6.07) is 12.8. The Morgan fingerprint density at radius 3 is 2.50 bits per heavy atom. The molecule has 0 fully saturated rings. The van der Waals surface area contributed by atoms with Gasteiger partial charge in [-0.2, -0.15) is 0 Å². The number of hydrogen-bond donors (Lipinski definition) is 1. The minimum Gasteiger partial charge on any atom is -0.476 e. The molecular weight excluding hydrogens is 384 g/mol. The highest BCUT2D eigenvalue weighted by atomic mass is 32.2. The fraction of sp³-hybridized carbons (Fsp3) is 0.263. The van der Waals surface area contributed by atoms with Gasteiger partial charge in [0.25, 0.3) is 5.91 Å². The minimum atomic E-state index is -3.57. The van der Waals surface area contributed by atoms with Gasteiger partial charge in [-0.15, -0.1) is 0 Å². The maximum atomic E-state index is 12.7. The van der Waals surface area contributed by atoms with E-state index >= 15 is 0 Å². The summed E-state index contributed by atoms with van der Waals surface area (Å²) in [6.07, 6.45) is -1.02. The number of sulfonamides is 1. The third kappa shape index (κ3) is 3.94. The zero-order chi connectivity index (χ0) is 20.3. The van der Waals surface area contributed by atoms with E-state index < -0.39 is 28.0 Å². The molecule has 0 saturated carbocycles. The molecule has 1 aliphatic heterocycles. The van der Waals surface area contributed by atoms with Gasteiger partial charge in [-0.25, -0.2) is 13.2 Å². The second-order valence-electron chi connectivity index (χ2n) is 6.06. The van der Waals surface area contributed by atoms with Crippen molar-refractivity contribution >= 4 is 33.3 Å². The van der Waals surface area contributed by atoms with Crippen molar-refractivity contribution in [3.05, 3.63) is 54.1 Å². The highest BCUT2D eigenvalue weighted by molar-refractivity contribution is 7.92. The van der Waals surface area contributed by atoms with Gasteiger partial charge in [-0.3, -0.25) is 9.10 Å². The fourth-order valence-corrected chi connectivity index (χ4v) is 3.91. The average Bonchev–Trinajstić information content (AvgIpc) is 2.72. The molecule has 0 aromatic heterocycles. The van der Waals surface area contributed by atoms with E-state index in [1.165, 1.54) is 23.5 Å². The van der Waals surface area contributed by atoms with Gasteiger partial charge in [0.05, 0.1) is 30.7 Å². The van der Waals surface area contributed by atoms with E-state index in [9.17, 15) is 18.0 Å². The lowest BCUT2D eigenvalue weighted by molar-refractivity contribution is -0.122. The summed E-state index contributed by atoms with van der Waals surface area (Å²) in [7, 11) is -2.29. The summed E-state index contributed by atoms with van der Waals surface area (Å²) in [5, 5.41) is 2.68. The number of carbonyl (C=O) groups excluding carboxylic acids is 2. The highest BCUT2D eigenvalue weighted by Gasteiger charge is 2.35. The van der Waals surface area contributed by atoms with E-state index in [4.69, 9.17) is 4.74 Å². The summed E-state index contributed by atoms with van der Waals surface area (Å²) in [6.45, 7) is 1.42. The Morgan fingerprint density at radius 1 is 1.18 bits per heavy atom. The number of amides is 1. The molecule has 0 radical (unpaired) electrons. The number of para-hydroxylation sites is 2. The highest BCUT2D eigenvalue weighted by Crippen LogP contribution is 2.35. The molecule has 1 N–H and O–H groups in total. The molecule has 1 atom stereocenters. The summed E-state index contributed by atoms with van der Waals surface area (Å²) >= 11 is 0. The first-order valence-corrected chi connectivity index (χ1v) is 10.2. The van der Waals surface area contributed by atoms with E-state index in [2.05, 4.69) is 10.1 Å². The van der Waals surface area contributed by atoms with Gasteiger partial charge in [0.1, 0.15) is 5.75 Å². The monoisotopic (exact) mass is 404 g/mol. The van der Waals surface area contributed by atoms with E-state index in [1.54, 1.807) is 43.3 Å². The molecule has 3 rings (SSSR count). The summed E-state index contributed by atoms with van der Waals surface area (Å²) in [5.41, 5.74) is 1.21. The standard InChI is InChI=1S/C19H20N2O6S/c1-3-28(24,25)21-12-17(27-16-7-5-4-6-15(16)21)18(22)20-14-10-8-13(9-11-14)19(23)26-2/h4-11,17H,3,12H2,1-2H3,(H,20,22)/t17-/m0/s1. The van der Waals surface area contributed by atoms with Gasteiger partial charge in [0.15, 0.2) is 6.10 Å². The van der Waals surface area contributed by atoms with Crippen LogP contribution in [0.25, 0.3) is 0 Å². The molecule has 0 unspecified atom stereocenters. The van der Waals surface area contributed by atoms with Crippen molar-refractivity contribution in [2.75, 3.05) is 29.0 Å². The molecule has 0 spiro atoms. The number of carbonyl (C=O) groups is 2. The Hall–Kier alpha value is -3.07. The quantitative estimate of drug-likeness (QED) is 0.765. The van der Waals surface area contributed by atoms with Gasteiger partial charge in [-0.05, 0) is 43.3 Å². The van der Waals surface area contributed by atoms with E-state index in [0.717, 1.165) is 0 Å². The number of nitrogens with zero attached hydrogens (tertiary/aromatic N) is 1. The van der Waals surface area contributed by atoms with Crippen molar-refractivity contribution in [3.63, 3.8) is 0 Å². The zero-order valence-electron chi connectivity index (χ0n) is 15.4. The molecule has 0 saturated heterocycles. The van der Waals surface area contributed by atoms with Crippen LogP contribution in [0.4, 0.5) is 11.4 Å². The van der Waals surface area contributed by atoms with E-state index in [0.29, 0.717) is 22.7 Å². The van der Waals surface area contributed by atoms with Crippen LogP contribution in [-0.4, -0.2) is 45.8 Å². The third-order valence-corrected chi connectivity index (χ3v) is 6.05. The number of esters is 1. The number of ether oxygens (including phenoxy) is 2. The van der Waals surface area contributed by atoms with Gasteiger partial charge >= 0.3 is 5.97 Å². The summed E-state index contributed by atoms with van der Waals surface area (Å²) in [5.74, 6) is -0.737. The van der Waals surface area contributed by atoms with Crippen molar-refractivity contribution in [1.29, 1.82) is 0 Å². The Balaban J connectivity index is 1.80. The van der Waals surface area contributed by atoms with Crippen LogP contribution in [0.5, 0.6) is 5.75 Å². The van der Waals surface area contributed by atoms with Crippen LogP contribution in [0.15, 0.2) is 48.5 Å². The van der Waals surface area contributed by atoms with Crippen molar-refractivity contribution in [1.82, 2.24) is 0 Å². The topological polar surface area (TPSA) is 102 Å². The first kappa shape index (κ1) is 19.7. The van der Waals surface area contributed by atoms with Crippen LogP contribution >= 0.6 is 0 Å². The molecule has 2 aromatic carbocycles. The lowest BCUT2D eigenvalue weighted by atomic mass is 10.2. The van der Waals surface area contributed by atoms with Gasteiger partial charge in [0.2, 0.25) is 10.0 Å². The SMILES string of the molecule is CCS(=O)(=O)N1C[C@@H](C(=O)Nc2ccc(C(=O)OC)cc2)Oc2ccccc21. The van der Waals surface area contributed by atoms with Crippen molar-refractivity contribution in [2.45, 2.75) is 13.0 Å². The molecular formula is C19H20N2O6S. The zero-order valence-corrected chi connectivity index (χ0v) is 16.2. The Kier molecular flexibility index (Phi) is 5.55. The molecule has 148 valence electrons. The Labute approximate surface area is 163 Å². The fourth-order valence-electron chi connectivity index (χ4n) is 2.79. The normalized spacial score (nSPS) is 15.9.